The third kappa shape index (κ3) is 466. The predicted molar refractivity (Wildman–Crippen MR) is 140 cm³/mol. The molecule has 0 bridgehead atoms. The fourth-order valence-corrected chi connectivity index (χ4v) is 0. The van der Waals surface area contributed by atoms with Crippen molar-refractivity contribution in [2.24, 2.45) is 0 Å². The van der Waals surface area contributed by atoms with E-state index in [2.05, 4.69) is 48.6 Å². The molecule has 0 aliphatic heterocycles. The molecule has 0 radical (unpaired) electrons. The van der Waals surface area contributed by atoms with E-state index in [1.165, 1.54) is 0 Å². The van der Waals surface area contributed by atoms with Crippen molar-refractivity contribution in [1.29, 1.82) is 10.5 Å². The fraction of sp³-hybridized carbons (Fsp3) is 0.857. The van der Waals surface area contributed by atoms with Crippen LogP contribution in [0.3, 0.4) is 0 Å². The van der Waals surface area contributed by atoms with Crippen LogP contribution in [0.4, 0.5) is 0 Å². The molecule has 0 rings (SSSR count). The number of nitriles is 2. The minimum atomic E-state index is 0. The van der Waals surface area contributed by atoms with Crippen LogP contribution in [0.25, 0.3) is 0 Å². The van der Waals surface area contributed by atoms with E-state index in [0.29, 0.717) is 5.60 Å². The summed E-state index contributed by atoms with van der Waals surface area (Å²) in [4.78, 5) is 17.1. The molecule has 0 heterocycles. The molecule has 0 saturated carbocycles. The summed E-state index contributed by atoms with van der Waals surface area (Å²) in [6.45, 7) is 8.00. The van der Waals surface area contributed by atoms with Gasteiger partial charge in [0, 0.05) is 4.96 Å². The molecule has 164 valence electrons. The van der Waals surface area contributed by atoms with Crippen molar-refractivity contribution in [3.8, 4) is 9.94 Å². The zero-order valence-electron chi connectivity index (χ0n) is 15.2. The van der Waals surface area contributed by atoms with Gasteiger partial charge in [-0.1, -0.05) is 58.4 Å². The summed E-state index contributed by atoms with van der Waals surface area (Å²) in [5.74, 6) is 10.2. The van der Waals surface area contributed by atoms with E-state index in [4.69, 9.17) is 20.5 Å². The van der Waals surface area contributed by atoms with Gasteiger partial charge >= 0.3 is 174 Å². The minimum Gasteiger partial charge on any atom is -0.0626 e. The van der Waals surface area contributed by atoms with Gasteiger partial charge in [0.1, 0.15) is 0 Å². The van der Waals surface area contributed by atoms with Crippen molar-refractivity contribution in [1.82, 2.24) is 0 Å². The zero-order chi connectivity index (χ0) is 20.2. The Morgan fingerprint density at radius 1 is 0.769 bits per heavy atom. The van der Waals surface area contributed by atoms with Gasteiger partial charge in [0.15, 0.2) is 0 Å². The van der Waals surface area contributed by atoms with Gasteiger partial charge in [-0.25, -0.2) is 0 Å². The molecule has 1 N–H and O–H groups in total. The second kappa shape index (κ2) is 241. The van der Waals surface area contributed by atoms with E-state index in [0.717, 1.165) is 71.6 Å². The summed E-state index contributed by atoms with van der Waals surface area (Å²) in [6, 6.07) is 0. The molecule has 0 atom stereocenters. The van der Waals surface area contributed by atoms with Crippen LogP contribution in [0, 0.1) is 25.4 Å². The van der Waals surface area contributed by atoms with Crippen molar-refractivity contribution >= 4 is 133 Å². The smallest absolute Gasteiger partial charge is 0.0626 e. The molecule has 4 nitrogen and oxygen atoms in total. The van der Waals surface area contributed by atoms with Crippen molar-refractivity contribution in [3.63, 3.8) is 0 Å². The summed E-state index contributed by atoms with van der Waals surface area (Å²) >= 11 is 8.24. The first-order valence-electron chi connectivity index (χ1n) is 5.65. The van der Waals surface area contributed by atoms with Gasteiger partial charge in [-0.3, -0.25) is 0 Å². The molecular weight excluding hydrogens is 752 g/mol. The van der Waals surface area contributed by atoms with E-state index in [9.17, 15) is 0 Å². The Morgan fingerprint density at radius 3 is 0.885 bits per heavy atom. The molecule has 0 aliphatic rings. The molecule has 0 aromatic rings. The van der Waals surface area contributed by atoms with Crippen LogP contribution in [-0.2, 0) is 0 Å². The third-order valence-electron chi connectivity index (χ3n) is 0.349. The van der Waals surface area contributed by atoms with Crippen LogP contribution in [0.1, 0.15) is 50.0 Å². The Balaban J connectivity index is -0.00000000864. The molecule has 0 aliphatic carbocycles. The SMILES string of the molecule is C.C.C.CC.CC.C[Se-].C[Se-].C[Se]C#N.C[Se][Se]C.N#C[Se][K].O=[OH+].[BH4-]. The maximum absolute atomic E-state index is 7.70. The predicted octanol–water partition coefficient (Wildman–Crippen LogP) is 2.65. The van der Waals surface area contributed by atoms with Crippen LogP contribution in [0.15, 0.2) is 0 Å². The van der Waals surface area contributed by atoms with Crippen molar-refractivity contribution in [2.45, 2.75) is 79.1 Å². The third-order valence-corrected chi connectivity index (χ3v) is 6.93. The molecule has 0 saturated heterocycles. The summed E-state index contributed by atoms with van der Waals surface area (Å²) < 4.78 is 0. The van der Waals surface area contributed by atoms with Gasteiger partial charge in [-0.15, -0.1) is 0 Å². The van der Waals surface area contributed by atoms with Crippen molar-refractivity contribution in [2.75, 3.05) is 0 Å². The van der Waals surface area contributed by atoms with Crippen LogP contribution in [-0.4, -0.2) is 138 Å². The van der Waals surface area contributed by atoms with Crippen LogP contribution >= 0.6 is 0 Å². The molecule has 0 aromatic heterocycles. The first-order valence-corrected chi connectivity index (χ1v) is 28.6. The Kier molecular flexibility index (Phi) is 727. The van der Waals surface area contributed by atoms with Gasteiger partial charge in [-0.2, -0.15) is 0 Å². The maximum Gasteiger partial charge on any atom is 0.202 e. The van der Waals surface area contributed by atoms with E-state index < -0.39 is 0 Å². The summed E-state index contributed by atoms with van der Waals surface area (Å²) in [5, 5.41) is 15.4. The Hall–Kier alpha value is 3.40. The van der Waals surface area contributed by atoms with Crippen molar-refractivity contribution < 1.29 is 4.96 Å². The Bertz CT molecular complexity index is 153. The second-order valence-corrected chi connectivity index (χ2v) is 15.4. The van der Waals surface area contributed by atoms with E-state index in [-0.39, 0.29) is 45.6 Å². The molecular formula is C14H44BKN2O2Se6-2. The standard InChI is InChI=1S/C2H3NSe.C2H6Se2.2C2H6.CHNSe.2CH4Se.3CH4.BH4.K.O2/c1-4-2-3;1-3-4-2;2*1-2;2-1-3;2*1-2;;;;;;1-2/h1H3;1-2H3;2*1-2H3;3H;2*2H,1H3;4*1H4;;/q;;;;;;;;;;-1;+1;/p-2. The second-order valence-electron chi connectivity index (χ2n) is 0.924. The van der Waals surface area contributed by atoms with E-state index >= 15 is 0 Å². The summed E-state index contributed by atoms with van der Waals surface area (Å²) in [6.07, 6.45) is 0. The minimum absolute atomic E-state index is 0. The summed E-state index contributed by atoms with van der Waals surface area (Å²) in [5.41, 5.74) is 0.410. The van der Waals surface area contributed by atoms with Crippen LogP contribution in [0.2, 0.25) is 29.1 Å². The average Bonchev–Trinajstić information content (AvgIpc) is 2.69. The monoisotopic (exact) mass is 802 g/mol. The first-order chi connectivity index (χ1) is 10.7. The summed E-state index contributed by atoms with van der Waals surface area (Å²) in [7, 11) is 0. The molecule has 26 heavy (non-hydrogen) atoms. The number of rotatable bonds is 1. The molecule has 0 aromatic carbocycles. The maximum atomic E-state index is 7.70. The normalized spacial score (nSPS) is 3.81. The number of hydrogen-bond acceptors (Lipinski definition) is 3. The Labute approximate surface area is 237 Å². The number of nitrogens with zero attached hydrogens (tertiary/aromatic N) is 2. The number of hydrogen-bond donors (Lipinski definition) is 0. The van der Waals surface area contributed by atoms with E-state index in [1.807, 2.05) is 50.1 Å². The van der Waals surface area contributed by atoms with Crippen LogP contribution < -0.4 is 0 Å². The van der Waals surface area contributed by atoms with Gasteiger partial charge in [0.25, 0.3) is 0 Å². The molecule has 12 heteroatoms. The van der Waals surface area contributed by atoms with Crippen molar-refractivity contribution in [3.05, 3.63) is 4.96 Å². The average molecular weight is 796 g/mol. The molecule has 0 fully saturated rings. The molecule has 0 spiro atoms. The van der Waals surface area contributed by atoms with Gasteiger partial charge in [0.2, 0.25) is 4.96 Å². The molecule has 0 unspecified atom stereocenters. The zero-order valence-corrected chi connectivity index (χ0v) is 28.6. The van der Waals surface area contributed by atoms with Gasteiger partial charge in [-0.05, 0) is 0 Å². The first kappa shape index (κ1) is 78.3. The molecule has 0 amide bonds. The Morgan fingerprint density at radius 2 is 0.885 bits per heavy atom. The quantitative estimate of drug-likeness (QED) is 0.303. The van der Waals surface area contributed by atoms with Crippen LogP contribution in [0.5, 0.6) is 0 Å². The topological polar surface area (TPSA) is 86.1 Å². The van der Waals surface area contributed by atoms with Gasteiger partial charge in [0.05, 0.1) is 0 Å². The van der Waals surface area contributed by atoms with Gasteiger partial charge < -0.3 is 0 Å². The largest absolute Gasteiger partial charge is 0.202 e. The fourth-order valence-electron chi connectivity index (χ4n) is 0. The van der Waals surface area contributed by atoms with E-state index in [1.54, 1.807) is 0 Å².